The van der Waals surface area contributed by atoms with E-state index in [0.29, 0.717) is 6.42 Å². The van der Waals surface area contributed by atoms with Crippen LogP contribution in [0.1, 0.15) is 55.7 Å². The standard InChI is InChI=1S/C12H22O4.K.Na.2H/c1-4-5-6-7-8-9(2)12(3,10(13)14)11(15)16;;;;/h9H,4-8H2,1-3H3,(H,13,14)(H,15,16);;;;/q;2*+1;2*-1. The third kappa shape index (κ3) is 7.38. The van der Waals surface area contributed by atoms with Gasteiger partial charge in [0.2, 0.25) is 0 Å². The van der Waals surface area contributed by atoms with Crippen LogP contribution in [0.25, 0.3) is 0 Å². The number of carboxylic acids is 2. The zero-order valence-electron chi connectivity index (χ0n) is 14.3. The van der Waals surface area contributed by atoms with Crippen LogP contribution in [0.15, 0.2) is 0 Å². The molecule has 0 radical (unpaired) electrons. The summed E-state index contributed by atoms with van der Waals surface area (Å²) in [6, 6.07) is 0. The van der Waals surface area contributed by atoms with Crippen LogP contribution < -0.4 is 80.9 Å². The van der Waals surface area contributed by atoms with Crippen molar-refractivity contribution in [1.29, 1.82) is 0 Å². The molecule has 2 N–H and O–H groups in total. The summed E-state index contributed by atoms with van der Waals surface area (Å²) in [5.74, 6) is -2.84. The second kappa shape index (κ2) is 12.3. The summed E-state index contributed by atoms with van der Waals surface area (Å²) in [6.45, 7) is 5.10. The first-order valence-electron chi connectivity index (χ1n) is 5.84. The van der Waals surface area contributed by atoms with E-state index in [-0.39, 0.29) is 89.7 Å². The van der Waals surface area contributed by atoms with Crippen LogP contribution in [0.5, 0.6) is 0 Å². The van der Waals surface area contributed by atoms with Crippen LogP contribution in [0, 0.1) is 11.3 Å². The van der Waals surface area contributed by atoms with Crippen molar-refractivity contribution in [2.24, 2.45) is 11.3 Å². The fourth-order valence-corrected chi connectivity index (χ4v) is 1.68. The first kappa shape index (κ1) is 24.6. The van der Waals surface area contributed by atoms with E-state index in [2.05, 4.69) is 6.92 Å². The van der Waals surface area contributed by atoms with Gasteiger partial charge in [-0.05, 0) is 19.3 Å². The fourth-order valence-electron chi connectivity index (χ4n) is 1.68. The molecule has 1 unspecified atom stereocenters. The molecule has 4 nitrogen and oxygen atoms in total. The third-order valence-corrected chi connectivity index (χ3v) is 3.36. The van der Waals surface area contributed by atoms with E-state index in [9.17, 15) is 9.59 Å². The number of carboxylic acid groups (broad SMARTS) is 2. The van der Waals surface area contributed by atoms with Gasteiger partial charge in [-0.15, -0.1) is 0 Å². The molecule has 0 aromatic rings. The Bertz CT molecular complexity index is 254. The van der Waals surface area contributed by atoms with Crippen LogP contribution in [0.2, 0.25) is 0 Å². The van der Waals surface area contributed by atoms with Crippen LogP contribution >= 0.6 is 0 Å². The Hall–Kier alpha value is 1.58. The van der Waals surface area contributed by atoms with Gasteiger partial charge < -0.3 is 13.1 Å². The van der Waals surface area contributed by atoms with Crippen LogP contribution in [0.3, 0.4) is 0 Å². The van der Waals surface area contributed by atoms with Gasteiger partial charge in [0.1, 0.15) is 0 Å². The second-order valence-electron chi connectivity index (χ2n) is 4.56. The van der Waals surface area contributed by atoms with Crippen molar-refractivity contribution in [3.8, 4) is 0 Å². The largest absolute Gasteiger partial charge is 1.00 e. The van der Waals surface area contributed by atoms with Crippen molar-refractivity contribution in [3.05, 3.63) is 0 Å². The Balaban J connectivity index is -0.000000187. The second-order valence-corrected chi connectivity index (χ2v) is 4.56. The van der Waals surface area contributed by atoms with Gasteiger partial charge in [-0.25, -0.2) is 0 Å². The normalized spacial score (nSPS) is 11.9. The maximum absolute atomic E-state index is 11.0. The molecule has 0 aromatic carbocycles. The van der Waals surface area contributed by atoms with Gasteiger partial charge in [-0.2, -0.15) is 0 Å². The van der Waals surface area contributed by atoms with E-state index < -0.39 is 17.4 Å². The van der Waals surface area contributed by atoms with E-state index in [0.717, 1.165) is 25.7 Å². The fraction of sp³-hybridized carbons (Fsp3) is 0.833. The van der Waals surface area contributed by atoms with Crippen molar-refractivity contribution < 1.29 is 104 Å². The molecule has 98 valence electrons. The Morgan fingerprint density at radius 1 is 1.17 bits per heavy atom. The molecule has 0 aromatic heterocycles. The van der Waals surface area contributed by atoms with Crippen molar-refractivity contribution in [3.63, 3.8) is 0 Å². The average molecular weight is 294 g/mol. The summed E-state index contributed by atoms with van der Waals surface area (Å²) >= 11 is 0. The Kier molecular flexibility index (Phi) is 16.8. The van der Waals surface area contributed by atoms with Gasteiger partial charge in [0.05, 0.1) is 0 Å². The molecule has 0 saturated heterocycles. The molecule has 0 saturated carbocycles. The van der Waals surface area contributed by atoms with E-state index in [4.69, 9.17) is 10.2 Å². The molecule has 6 heteroatoms. The van der Waals surface area contributed by atoms with Crippen molar-refractivity contribution in [2.75, 3.05) is 0 Å². The van der Waals surface area contributed by atoms with Gasteiger partial charge >= 0.3 is 92.9 Å². The number of hydrogen-bond donors (Lipinski definition) is 2. The predicted molar refractivity (Wildman–Crippen MR) is 63.5 cm³/mol. The molecule has 0 aliphatic heterocycles. The zero-order valence-corrected chi connectivity index (χ0v) is 17.4. The molecule has 18 heavy (non-hydrogen) atoms. The van der Waals surface area contributed by atoms with Crippen molar-refractivity contribution in [1.82, 2.24) is 0 Å². The van der Waals surface area contributed by atoms with Crippen molar-refractivity contribution >= 4 is 11.9 Å². The molecule has 0 heterocycles. The smallest absolute Gasteiger partial charge is 1.00 e. The van der Waals surface area contributed by atoms with Gasteiger partial charge in [0.25, 0.3) is 0 Å². The van der Waals surface area contributed by atoms with E-state index in [1.165, 1.54) is 6.92 Å². The summed E-state index contributed by atoms with van der Waals surface area (Å²) in [4.78, 5) is 22.0. The van der Waals surface area contributed by atoms with Gasteiger partial charge in [0.15, 0.2) is 5.41 Å². The summed E-state index contributed by atoms with van der Waals surface area (Å²) < 4.78 is 0. The molecule has 0 fully saturated rings. The molecule has 0 rings (SSSR count). The Morgan fingerprint density at radius 2 is 1.61 bits per heavy atom. The van der Waals surface area contributed by atoms with Crippen molar-refractivity contribution in [2.45, 2.75) is 52.9 Å². The number of rotatable bonds is 8. The van der Waals surface area contributed by atoms with E-state index >= 15 is 0 Å². The Labute approximate surface area is 177 Å². The molecule has 1 atom stereocenters. The van der Waals surface area contributed by atoms with E-state index in [1.54, 1.807) is 6.92 Å². The molecule has 0 bridgehead atoms. The predicted octanol–water partition coefficient (Wildman–Crippen LogP) is -3.00. The van der Waals surface area contributed by atoms with Gasteiger partial charge in [-0.3, -0.25) is 9.59 Å². The van der Waals surface area contributed by atoms with Gasteiger partial charge in [0, 0.05) is 0 Å². The molecule has 0 spiro atoms. The minimum Gasteiger partial charge on any atom is -1.00 e. The number of unbranched alkanes of at least 4 members (excludes halogenated alkanes) is 3. The summed E-state index contributed by atoms with van der Waals surface area (Å²) in [7, 11) is 0. The number of carbonyl (C=O) groups is 2. The average Bonchev–Trinajstić information content (AvgIpc) is 2.22. The van der Waals surface area contributed by atoms with Crippen LogP contribution in [0.4, 0.5) is 0 Å². The topological polar surface area (TPSA) is 74.6 Å². The van der Waals surface area contributed by atoms with E-state index in [1.807, 2.05) is 0 Å². The monoisotopic (exact) mass is 294 g/mol. The SMILES string of the molecule is CCCCCCC(C)C(C)(C(=O)O)C(=O)O.[H-].[H-].[K+].[Na+]. The number of aliphatic carboxylic acids is 2. The number of hydrogen-bond acceptors (Lipinski definition) is 2. The first-order valence-corrected chi connectivity index (χ1v) is 5.84. The molecule has 0 aliphatic rings. The summed E-state index contributed by atoms with van der Waals surface area (Å²) in [5, 5.41) is 18.0. The molecule has 0 aliphatic carbocycles. The summed E-state index contributed by atoms with van der Waals surface area (Å²) in [5.41, 5.74) is -1.66. The minimum absolute atomic E-state index is 0. The molecular weight excluding hydrogens is 270 g/mol. The maximum Gasteiger partial charge on any atom is 1.00 e. The van der Waals surface area contributed by atoms with Crippen LogP contribution in [-0.4, -0.2) is 22.2 Å². The maximum atomic E-state index is 11.0. The minimum atomic E-state index is -1.66. The van der Waals surface area contributed by atoms with Gasteiger partial charge in [-0.1, -0.05) is 39.5 Å². The quantitative estimate of drug-likeness (QED) is 0.284. The first-order chi connectivity index (χ1) is 7.37. The Morgan fingerprint density at radius 3 is 1.94 bits per heavy atom. The summed E-state index contributed by atoms with van der Waals surface area (Å²) in [6.07, 6.45) is 4.81. The zero-order chi connectivity index (χ0) is 12.8. The van der Waals surface area contributed by atoms with Crippen LogP contribution in [-0.2, 0) is 9.59 Å². The molecular formula is C12H24KNaO4. The molecule has 0 amide bonds. The third-order valence-electron chi connectivity index (χ3n) is 3.36.